The van der Waals surface area contributed by atoms with Gasteiger partial charge in [0.25, 0.3) is 5.91 Å². The number of hydrogen-bond donors (Lipinski definition) is 1. The Morgan fingerprint density at radius 1 is 1.48 bits per heavy atom. The van der Waals surface area contributed by atoms with Crippen LogP contribution < -0.4 is 14.4 Å². The van der Waals surface area contributed by atoms with Crippen LogP contribution in [0, 0.1) is 0 Å². The summed E-state index contributed by atoms with van der Waals surface area (Å²) in [4.78, 5) is 24.1. The first-order chi connectivity index (χ1) is 10.1. The van der Waals surface area contributed by atoms with Crippen LogP contribution in [0.25, 0.3) is 6.08 Å². The van der Waals surface area contributed by atoms with Gasteiger partial charge in [-0.3, -0.25) is 4.79 Å². The Bertz CT molecular complexity index is 594. The van der Waals surface area contributed by atoms with Crippen molar-refractivity contribution in [1.29, 1.82) is 0 Å². The third kappa shape index (κ3) is 3.16. The molecule has 0 saturated heterocycles. The largest absolute Gasteiger partial charge is 0.490 e. The Labute approximate surface area is 122 Å². The summed E-state index contributed by atoms with van der Waals surface area (Å²) in [5.41, 5.74) is 1.24. The van der Waals surface area contributed by atoms with E-state index in [9.17, 15) is 9.59 Å². The van der Waals surface area contributed by atoms with Crippen molar-refractivity contribution in [3.63, 3.8) is 0 Å². The second kappa shape index (κ2) is 6.30. The fourth-order valence-corrected chi connectivity index (χ4v) is 2.17. The van der Waals surface area contributed by atoms with Crippen molar-refractivity contribution in [2.45, 2.75) is 13.8 Å². The van der Waals surface area contributed by atoms with E-state index in [2.05, 4.69) is 0 Å². The van der Waals surface area contributed by atoms with E-state index < -0.39 is 5.97 Å². The molecule has 0 saturated carbocycles. The number of ether oxygens (including phenoxy) is 2. The lowest BCUT2D eigenvalue weighted by molar-refractivity contribution is -0.131. The molecule has 2 rings (SSSR count). The molecule has 1 aliphatic rings. The first kappa shape index (κ1) is 14.9. The van der Waals surface area contributed by atoms with Gasteiger partial charge < -0.3 is 19.5 Å². The van der Waals surface area contributed by atoms with Gasteiger partial charge >= 0.3 is 5.97 Å². The average Bonchev–Trinajstić information content (AvgIpc) is 2.45. The predicted octanol–water partition coefficient (Wildman–Crippen LogP) is 1.93. The van der Waals surface area contributed by atoms with Crippen molar-refractivity contribution in [3.05, 3.63) is 23.8 Å². The average molecular weight is 291 g/mol. The van der Waals surface area contributed by atoms with Gasteiger partial charge in [0.05, 0.1) is 12.3 Å². The summed E-state index contributed by atoms with van der Waals surface area (Å²) in [5, 5.41) is 8.72. The van der Waals surface area contributed by atoms with Gasteiger partial charge in [-0.05, 0) is 37.6 Å². The zero-order valence-electron chi connectivity index (χ0n) is 12.0. The second-order valence-electron chi connectivity index (χ2n) is 4.40. The molecule has 0 aliphatic carbocycles. The van der Waals surface area contributed by atoms with Crippen LogP contribution in [0.2, 0.25) is 0 Å². The molecule has 6 nitrogen and oxygen atoms in total. The summed E-state index contributed by atoms with van der Waals surface area (Å²) in [6.45, 7) is 4.64. The first-order valence-electron chi connectivity index (χ1n) is 6.71. The van der Waals surface area contributed by atoms with Gasteiger partial charge in [0.15, 0.2) is 18.1 Å². The summed E-state index contributed by atoms with van der Waals surface area (Å²) in [5.74, 6) is -0.145. The van der Waals surface area contributed by atoms with Gasteiger partial charge in [-0.25, -0.2) is 4.79 Å². The zero-order chi connectivity index (χ0) is 15.4. The maximum atomic E-state index is 11.9. The standard InChI is InChI=1S/C15H17NO5/c1-3-16-11-7-10(5-6-14(18)19)8-12(20-4-2)15(11)21-9-13(16)17/h5-8H,3-4,9H2,1-2H3,(H,18,19)/b6-5+. The third-order valence-electron chi connectivity index (χ3n) is 3.02. The van der Waals surface area contributed by atoms with Gasteiger partial charge in [0.1, 0.15) is 0 Å². The van der Waals surface area contributed by atoms with Crippen LogP contribution in [0.3, 0.4) is 0 Å². The zero-order valence-corrected chi connectivity index (χ0v) is 12.0. The molecule has 0 bridgehead atoms. The number of nitrogens with zero attached hydrogens (tertiary/aromatic N) is 1. The number of carbonyl (C=O) groups is 2. The number of carboxylic acids is 1. The van der Waals surface area contributed by atoms with Gasteiger partial charge in [-0.1, -0.05) is 0 Å². The number of carboxylic acid groups (broad SMARTS) is 1. The summed E-state index contributed by atoms with van der Waals surface area (Å²) >= 11 is 0. The molecule has 0 atom stereocenters. The summed E-state index contributed by atoms with van der Waals surface area (Å²) in [6.07, 6.45) is 2.50. The first-order valence-corrected chi connectivity index (χ1v) is 6.71. The highest BCUT2D eigenvalue weighted by atomic mass is 16.5. The smallest absolute Gasteiger partial charge is 0.328 e. The molecular formula is C15H17NO5. The minimum atomic E-state index is -1.04. The maximum Gasteiger partial charge on any atom is 0.328 e. The molecular weight excluding hydrogens is 274 g/mol. The number of amides is 1. The van der Waals surface area contributed by atoms with Crippen molar-refractivity contribution < 1.29 is 24.2 Å². The minimum absolute atomic E-state index is 0.0226. The molecule has 1 N–H and O–H groups in total. The molecule has 21 heavy (non-hydrogen) atoms. The van der Waals surface area contributed by atoms with Crippen LogP contribution in [0.4, 0.5) is 5.69 Å². The quantitative estimate of drug-likeness (QED) is 0.839. The molecule has 1 amide bonds. The van der Waals surface area contributed by atoms with E-state index in [4.69, 9.17) is 14.6 Å². The van der Waals surface area contributed by atoms with Crippen molar-refractivity contribution in [2.75, 3.05) is 24.7 Å². The number of carbonyl (C=O) groups excluding carboxylic acids is 1. The minimum Gasteiger partial charge on any atom is -0.490 e. The highest BCUT2D eigenvalue weighted by molar-refractivity contribution is 5.99. The summed E-state index contributed by atoms with van der Waals surface area (Å²) in [7, 11) is 0. The fraction of sp³-hybridized carbons (Fsp3) is 0.333. The predicted molar refractivity (Wildman–Crippen MR) is 77.8 cm³/mol. The molecule has 0 spiro atoms. The van der Waals surface area contributed by atoms with E-state index in [1.807, 2.05) is 13.8 Å². The van der Waals surface area contributed by atoms with Crippen LogP contribution in [-0.4, -0.2) is 36.7 Å². The van der Waals surface area contributed by atoms with E-state index in [1.54, 1.807) is 17.0 Å². The molecule has 1 aromatic carbocycles. The SMILES string of the molecule is CCOc1cc(/C=C/C(=O)O)cc2c1OCC(=O)N2CC. The Morgan fingerprint density at radius 3 is 2.86 bits per heavy atom. The molecule has 0 unspecified atom stereocenters. The number of benzene rings is 1. The van der Waals surface area contributed by atoms with Crippen LogP contribution in [0.1, 0.15) is 19.4 Å². The Morgan fingerprint density at radius 2 is 2.24 bits per heavy atom. The number of rotatable bonds is 5. The fourth-order valence-electron chi connectivity index (χ4n) is 2.17. The van der Waals surface area contributed by atoms with Crippen LogP contribution in [0.5, 0.6) is 11.5 Å². The van der Waals surface area contributed by atoms with Crippen molar-refractivity contribution in [3.8, 4) is 11.5 Å². The molecule has 0 aromatic heterocycles. The lowest BCUT2D eigenvalue weighted by Crippen LogP contribution is -2.38. The van der Waals surface area contributed by atoms with Gasteiger partial charge in [0.2, 0.25) is 0 Å². The van der Waals surface area contributed by atoms with E-state index in [-0.39, 0.29) is 12.5 Å². The Kier molecular flexibility index (Phi) is 4.47. The van der Waals surface area contributed by atoms with E-state index >= 15 is 0 Å². The molecule has 1 aliphatic heterocycles. The van der Waals surface area contributed by atoms with Crippen molar-refractivity contribution >= 4 is 23.6 Å². The highest BCUT2D eigenvalue weighted by Gasteiger charge is 2.27. The monoisotopic (exact) mass is 291 g/mol. The number of fused-ring (bicyclic) bond motifs is 1. The molecule has 1 aromatic rings. The number of likely N-dealkylation sites (N-methyl/N-ethyl adjacent to an activating group) is 1. The van der Waals surface area contributed by atoms with Gasteiger partial charge in [-0.2, -0.15) is 0 Å². The lowest BCUT2D eigenvalue weighted by Gasteiger charge is -2.30. The number of anilines is 1. The van der Waals surface area contributed by atoms with Crippen LogP contribution in [0.15, 0.2) is 18.2 Å². The molecule has 6 heteroatoms. The number of aliphatic carboxylic acids is 1. The maximum absolute atomic E-state index is 11.9. The van der Waals surface area contributed by atoms with Gasteiger partial charge in [-0.15, -0.1) is 0 Å². The van der Waals surface area contributed by atoms with Crippen molar-refractivity contribution in [2.24, 2.45) is 0 Å². The summed E-state index contributed by atoms with van der Waals surface area (Å²) in [6, 6.07) is 3.42. The molecule has 1 heterocycles. The normalized spacial score (nSPS) is 14.0. The lowest BCUT2D eigenvalue weighted by atomic mass is 10.1. The van der Waals surface area contributed by atoms with Crippen molar-refractivity contribution in [1.82, 2.24) is 0 Å². The van der Waals surface area contributed by atoms with E-state index in [0.29, 0.717) is 35.9 Å². The molecule has 0 fully saturated rings. The molecule has 112 valence electrons. The van der Waals surface area contributed by atoms with Crippen LogP contribution >= 0.6 is 0 Å². The topological polar surface area (TPSA) is 76.1 Å². The Hall–Kier alpha value is -2.50. The Balaban J connectivity index is 2.52. The van der Waals surface area contributed by atoms with E-state index in [1.165, 1.54) is 6.08 Å². The molecule has 0 radical (unpaired) electrons. The van der Waals surface area contributed by atoms with Gasteiger partial charge in [0, 0.05) is 12.6 Å². The summed E-state index contributed by atoms with van der Waals surface area (Å²) < 4.78 is 11.0. The van der Waals surface area contributed by atoms with Crippen LogP contribution in [-0.2, 0) is 9.59 Å². The third-order valence-corrected chi connectivity index (χ3v) is 3.02. The number of hydrogen-bond acceptors (Lipinski definition) is 4. The van der Waals surface area contributed by atoms with E-state index in [0.717, 1.165) is 6.08 Å². The highest BCUT2D eigenvalue weighted by Crippen LogP contribution is 2.41. The second-order valence-corrected chi connectivity index (χ2v) is 4.40.